The molecule has 1 saturated heterocycles. The van der Waals surface area contributed by atoms with Crippen LogP contribution in [0.3, 0.4) is 0 Å². The first-order valence-corrected chi connectivity index (χ1v) is 9.52. The van der Waals surface area contributed by atoms with Crippen LogP contribution >= 0.6 is 15.9 Å². The molecule has 1 aliphatic heterocycles. The van der Waals surface area contributed by atoms with Crippen LogP contribution in [-0.2, 0) is 19.6 Å². The van der Waals surface area contributed by atoms with Crippen LogP contribution in [0.1, 0.15) is 5.56 Å². The highest BCUT2D eigenvalue weighted by atomic mass is 79.9. The van der Waals surface area contributed by atoms with Crippen molar-refractivity contribution in [2.45, 2.75) is 6.92 Å². The number of halogens is 1. The zero-order valence-electron chi connectivity index (χ0n) is 12.6. The highest BCUT2D eigenvalue weighted by Crippen LogP contribution is 2.25. The Morgan fingerprint density at radius 1 is 1.36 bits per heavy atom. The predicted octanol–water partition coefficient (Wildman–Crippen LogP) is 1.38. The maximum Gasteiger partial charge on any atom is 0.243 e. The minimum atomic E-state index is -3.55. The van der Waals surface area contributed by atoms with Crippen LogP contribution < -0.4 is 4.31 Å². The van der Waals surface area contributed by atoms with Gasteiger partial charge in [-0.2, -0.15) is 0 Å². The lowest BCUT2D eigenvalue weighted by Crippen LogP contribution is -2.47. The fourth-order valence-electron chi connectivity index (χ4n) is 2.32. The maximum atomic E-state index is 12.4. The summed E-state index contributed by atoms with van der Waals surface area (Å²) in [5, 5.41) is 0. The Morgan fingerprint density at radius 2 is 2.00 bits per heavy atom. The molecule has 6 nitrogen and oxygen atoms in total. The number of aryl methyl sites for hydroxylation is 1. The van der Waals surface area contributed by atoms with Gasteiger partial charge >= 0.3 is 0 Å². The van der Waals surface area contributed by atoms with Crippen LogP contribution in [0.2, 0.25) is 0 Å². The van der Waals surface area contributed by atoms with Crippen molar-refractivity contribution < 1.29 is 17.9 Å². The molecule has 1 heterocycles. The molecule has 0 bridgehead atoms. The first-order chi connectivity index (χ1) is 10.3. The molecule has 2 rings (SSSR count). The Kier molecular flexibility index (Phi) is 5.46. The molecular formula is C14H19BrN2O4S. The topological polar surface area (TPSA) is 66.9 Å². The molecule has 0 N–H and O–H groups in total. The van der Waals surface area contributed by atoms with E-state index in [1.807, 2.05) is 13.0 Å². The first-order valence-electron chi connectivity index (χ1n) is 6.88. The molecule has 0 radical (unpaired) electrons. The number of ether oxygens (including phenoxy) is 1. The van der Waals surface area contributed by atoms with Crippen LogP contribution in [0.25, 0.3) is 0 Å². The van der Waals surface area contributed by atoms with E-state index in [1.54, 1.807) is 17.0 Å². The zero-order chi connectivity index (χ0) is 16.3. The summed E-state index contributed by atoms with van der Waals surface area (Å²) in [7, 11) is -3.55. The van der Waals surface area contributed by atoms with E-state index in [0.717, 1.165) is 20.6 Å². The third-order valence-corrected chi connectivity index (χ3v) is 5.09. The summed E-state index contributed by atoms with van der Waals surface area (Å²) < 4.78 is 31.4. The smallest absolute Gasteiger partial charge is 0.243 e. The molecule has 8 heteroatoms. The van der Waals surface area contributed by atoms with E-state index in [9.17, 15) is 13.2 Å². The minimum Gasteiger partial charge on any atom is -0.378 e. The number of benzene rings is 1. The van der Waals surface area contributed by atoms with Crippen molar-refractivity contribution in [1.29, 1.82) is 0 Å². The summed E-state index contributed by atoms with van der Waals surface area (Å²) in [6.07, 6.45) is 1.11. The molecule has 1 aromatic rings. The minimum absolute atomic E-state index is 0.193. The van der Waals surface area contributed by atoms with Crippen molar-refractivity contribution >= 4 is 37.5 Å². The molecule has 22 heavy (non-hydrogen) atoms. The number of anilines is 1. The van der Waals surface area contributed by atoms with Gasteiger partial charge in [0.1, 0.15) is 6.54 Å². The molecule has 0 aromatic heterocycles. The van der Waals surface area contributed by atoms with Crippen LogP contribution in [0.15, 0.2) is 22.7 Å². The second kappa shape index (κ2) is 6.97. The van der Waals surface area contributed by atoms with Crippen LogP contribution in [0, 0.1) is 6.92 Å². The van der Waals surface area contributed by atoms with E-state index >= 15 is 0 Å². The van der Waals surface area contributed by atoms with E-state index in [2.05, 4.69) is 15.9 Å². The normalized spacial score (nSPS) is 15.7. The van der Waals surface area contributed by atoms with Crippen molar-refractivity contribution in [3.63, 3.8) is 0 Å². The molecular weight excluding hydrogens is 372 g/mol. The molecule has 0 aliphatic carbocycles. The van der Waals surface area contributed by atoms with Gasteiger partial charge in [0.05, 0.1) is 25.2 Å². The summed E-state index contributed by atoms with van der Waals surface area (Å²) in [6.45, 7) is 3.59. The van der Waals surface area contributed by atoms with Gasteiger partial charge in [-0.05, 0) is 30.7 Å². The van der Waals surface area contributed by atoms with E-state index in [1.165, 1.54) is 0 Å². The summed E-state index contributed by atoms with van der Waals surface area (Å²) in [5.74, 6) is -0.212. The summed E-state index contributed by atoms with van der Waals surface area (Å²) in [5.41, 5.74) is 1.31. The zero-order valence-corrected chi connectivity index (χ0v) is 15.0. The lowest BCUT2D eigenvalue weighted by molar-refractivity contribution is -0.133. The van der Waals surface area contributed by atoms with Gasteiger partial charge in [-0.15, -0.1) is 0 Å². The van der Waals surface area contributed by atoms with Crippen molar-refractivity contribution in [1.82, 2.24) is 4.90 Å². The monoisotopic (exact) mass is 390 g/mol. The van der Waals surface area contributed by atoms with Crippen molar-refractivity contribution in [2.75, 3.05) is 43.4 Å². The molecule has 122 valence electrons. The Labute approximate surface area is 139 Å². The number of carbonyl (C=O) groups is 1. The fraction of sp³-hybridized carbons (Fsp3) is 0.500. The highest BCUT2D eigenvalue weighted by molar-refractivity contribution is 9.10. The Bertz CT molecular complexity index is 657. The number of amides is 1. The SMILES string of the molecule is Cc1cc(Br)ccc1N(CC(=O)N1CCOCC1)S(C)(=O)=O. The molecule has 0 atom stereocenters. The molecule has 1 aromatic carbocycles. The van der Waals surface area contributed by atoms with Gasteiger partial charge in [0.15, 0.2) is 0 Å². The average Bonchev–Trinajstić information content (AvgIpc) is 2.45. The maximum absolute atomic E-state index is 12.4. The lowest BCUT2D eigenvalue weighted by Gasteiger charge is -2.30. The molecule has 1 amide bonds. The Morgan fingerprint density at radius 3 is 2.55 bits per heavy atom. The van der Waals surface area contributed by atoms with Crippen molar-refractivity contribution in [2.24, 2.45) is 0 Å². The molecule has 1 aliphatic rings. The Balaban J connectivity index is 2.25. The number of morpholine rings is 1. The molecule has 0 saturated carbocycles. The number of rotatable bonds is 4. The van der Waals surface area contributed by atoms with E-state index in [0.29, 0.717) is 32.0 Å². The highest BCUT2D eigenvalue weighted by Gasteiger charge is 2.26. The van der Waals surface area contributed by atoms with Crippen LogP contribution in [0.5, 0.6) is 0 Å². The third kappa shape index (κ3) is 4.21. The summed E-state index contributed by atoms with van der Waals surface area (Å²) >= 11 is 3.35. The Hall–Kier alpha value is -1.12. The van der Waals surface area contributed by atoms with Gasteiger partial charge in [-0.25, -0.2) is 8.42 Å². The van der Waals surface area contributed by atoms with Gasteiger partial charge in [0, 0.05) is 17.6 Å². The van der Waals surface area contributed by atoms with Crippen molar-refractivity contribution in [3.05, 3.63) is 28.2 Å². The number of nitrogens with zero attached hydrogens (tertiary/aromatic N) is 2. The first kappa shape index (κ1) is 17.2. The number of hydrogen-bond donors (Lipinski definition) is 0. The fourth-order valence-corrected chi connectivity index (χ4v) is 3.70. The van der Waals surface area contributed by atoms with Gasteiger partial charge in [0.25, 0.3) is 0 Å². The average molecular weight is 391 g/mol. The number of sulfonamides is 1. The van der Waals surface area contributed by atoms with Crippen molar-refractivity contribution in [3.8, 4) is 0 Å². The predicted molar refractivity (Wildman–Crippen MR) is 88.5 cm³/mol. The second-order valence-electron chi connectivity index (χ2n) is 5.19. The van der Waals surface area contributed by atoms with E-state index in [4.69, 9.17) is 4.74 Å². The molecule has 1 fully saturated rings. The molecule has 0 spiro atoms. The summed E-state index contributed by atoms with van der Waals surface area (Å²) in [6, 6.07) is 5.29. The lowest BCUT2D eigenvalue weighted by atomic mass is 10.2. The van der Waals surface area contributed by atoms with Gasteiger partial charge in [-0.1, -0.05) is 15.9 Å². The number of carbonyl (C=O) groups excluding carboxylic acids is 1. The second-order valence-corrected chi connectivity index (χ2v) is 8.02. The third-order valence-electron chi connectivity index (χ3n) is 3.47. The van der Waals surface area contributed by atoms with E-state index in [-0.39, 0.29) is 12.5 Å². The van der Waals surface area contributed by atoms with E-state index < -0.39 is 10.0 Å². The summed E-state index contributed by atoms with van der Waals surface area (Å²) in [4.78, 5) is 14.0. The standard InChI is InChI=1S/C14H19BrN2O4S/c1-11-9-12(15)3-4-13(11)17(22(2,19)20)10-14(18)16-5-7-21-8-6-16/h3-4,9H,5-8,10H2,1-2H3. The van der Waals surface area contributed by atoms with Gasteiger partial charge in [-0.3, -0.25) is 9.10 Å². The number of hydrogen-bond acceptors (Lipinski definition) is 4. The van der Waals surface area contributed by atoms with Gasteiger partial charge < -0.3 is 9.64 Å². The molecule has 0 unspecified atom stereocenters. The van der Waals surface area contributed by atoms with Crippen LogP contribution in [-0.4, -0.2) is 58.3 Å². The van der Waals surface area contributed by atoms with Gasteiger partial charge in [0.2, 0.25) is 15.9 Å². The quantitative estimate of drug-likeness (QED) is 0.778. The largest absolute Gasteiger partial charge is 0.378 e. The van der Waals surface area contributed by atoms with Crippen LogP contribution in [0.4, 0.5) is 5.69 Å².